The van der Waals surface area contributed by atoms with E-state index in [0.29, 0.717) is 31.5 Å². The van der Waals surface area contributed by atoms with E-state index in [1.165, 1.54) is 0 Å². The molecule has 1 amide bonds. The highest BCUT2D eigenvalue weighted by atomic mass is 32.2. The molecule has 0 unspecified atom stereocenters. The molecule has 0 saturated heterocycles. The van der Waals surface area contributed by atoms with Gasteiger partial charge in [0.2, 0.25) is 0 Å². The fourth-order valence-electron chi connectivity index (χ4n) is 2.73. The third-order valence-electron chi connectivity index (χ3n) is 3.98. The van der Waals surface area contributed by atoms with Gasteiger partial charge in [0.05, 0.1) is 18.8 Å². The summed E-state index contributed by atoms with van der Waals surface area (Å²) < 4.78 is 34.6. The maximum atomic E-state index is 12.2. The minimum atomic E-state index is -3.93. The van der Waals surface area contributed by atoms with Gasteiger partial charge in [-0.2, -0.15) is 12.8 Å². The molecule has 0 spiro atoms. The molecule has 0 aliphatic carbocycles. The highest BCUT2D eigenvalue weighted by Crippen LogP contribution is 2.13. The van der Waals surface area contributed by atoms with Crippen molar-refractivity contribution in [3.8, 4) is 0 Å². The highest BCUT2D eigenvalue weighted by molar-refractivity contribution is 7.85. The summed E-state index contributed by atoms with van der Waals surface area (Å²) in [6.07, 6.45) is 4.89. The quantitative estimate of drug-likeness (QED) is 0.347. The molecule has 0 aliphatic rings. The fourth-order valence-corrected chi connectivity index (χ4v) is 4.19. The third kappa shape index (κ3) is 4.69. The van der Waals surface area contributed by atoms with Gasteiger partial charge in [-0.15, -0.1) is 0 Å². The molecule has 0 saturated carbocycles. The molecule has 1 aromatic carbocycles. The molecule has 3 rings (SSSR count). The Bertz CT molecular complexity index is 994. The van der Waals surface area contributed by atoms with E-state index in [0.717, 1.165) is 10.7 Å². The molecular formula is C17H20N3O4S2+. The topological polar surface area (TPSA) is 92.5 Å². The maximum Gasteiger partial charge on any atom is 0.345 e. The van der Waals surface area contributed by atoms with Gasteiger partial charge in [-0.05, 0) is 25.0 Å². The van der Waals surface area contributed by atoms with Crippen LogP contribution in [0, 0.1) is 0 Å². The van der Waals surface area contributed by atoms with Crippen molar-refractivity contribution in [1.82, 2.24) is 9.88 Å². The molecule has 0 atom stereocenters. The van der Waals surface area contributed by atoms with Crippen molar-refractivity contribution in [3.05, 3.63) is 59.4 Å². The van der Waals surface area contributed by atoms with Gasteiger partial charge in [-0.25, -0.2) is 4.57 Å². The lowest BCUT2D eigenvalue weighted by Crippen LogP contribution is -2.24. The van der Waals surface area contributed by atoms with Crippen LogP contribution in [0.1, 0.15) is 28.9 Å². The second-order valence-corrected chi connectivity index (χ2v) is 8.35. The van der Waals surface area contributed by atoms with Gasteiger partial charge in [-0.1, -0.05) is 29.5 Å². The highest BCUT2D eigenvalue weighted by Gasteiger charge is 2.19. The van der Waals surface area contributed by atoms with Crippen molar-refractivity contribution < 1.29 is 22.2 Å². The van der Waals surface area contributed by atoms with Crippen LogP contribution in [0.25, 0.3) is 4.96 Å². The van der Waals surface area contributed by atoms with Crippen LogP contribution in [0.2, 0.25) is 0 Å². The first kappa shape index (κ1) is 18.6. The molecule has 138 valence electrons. The maximum absolute atomic E-state index is 12.2. The zero-order valence-corrected chi connectivity index (χ0v) is 15.7. The summed E-state index contributed by atoms with van der Waals surface area (Å²) in [5.74, 6) is -0.382. The van der Waals surface area contributed by atoms with E-state index in [1.54, 1.807) is 23.5 Å². The molecule has 0 radical (unpaired) electrons. The number of benzene rings is 1. The van der Waals surface area contributed by atoms with Crippen LogP contribution < -0.4 is 9.72 Å². The smallest absolute Gasteiger partial charge is 0.344 e. The van der Waals surface area contributed by atoms with Gasteiger partial charge >= 0.3 is 4.96 Å². The molecule has 0 bridgehead atoms. The average molecular weight is 394 g/mol. The zero-order valence-electron chi connectivity index (χ0n) is 14.0. The lowest BCUT2D eigenvalue weighted by Gasteiger charge is -2.05. The Morgan fingerprint density at radius 1 is 1.23 bits per heavy atom. The van der Waals surface area contributed by atoms with E-state index < -0.39 is 10.1 Å². The van der Waals surface area contributed by atoms with Crippen LogP contribution in [0.15, 0.2) is 48.1 Å². The number of rotatable bonds is 8. The lowest BCUT2D eigenvalue weighted by molar-refractivity contribution is -0.506. The zero-order chi connectivity index (χ0) is 18.6. The first-order chi connectivity index (χ1) is 12.4. The van der Waals surface area contributed by atoms with E-state index in [-0.39, 0.29) is 11.7 Å². The molecule has 2 heterocycles. The van der Waals surface area contributed by atoms with E-state index >= 15 is 0 Å². The number of hydrogen-bond acceptors (Lipinski definition) is 4. The largest absolute Gasteiger partial charge is 0.345 e. The summed E-state index contributed by atoms with van der Waals surface area (Å²) in [7, 11) is -3.93. The van der Waals surface area contributed by atoms with Crippen molar-refractivity contribution >= 4 is 32.3 Å². The third-order valence-corrected chi connectivity index (χ3v) is 5.69. The molecule has 7 nitrogen and oxygen atoms in total. The van der Waals surface area contributed by atoms with Crippen LogP contribution in [-0.4, -0.2) is 29.2 Å². The molecular weight excluding hydrogens is 374 g/mol. The molecule has 2 aromatic heterocycles. The fraction of sp³-hybridized carbons (Fsp3) is 0.294. The Balaban J connectivity index is 1.68. The number of fused-ring (bicyclic) bond motifs is 1. The molecule has 2 N–H and O–H groups in total. The number of aryl methyl sites for hydroxylation is 1. The number of carbonyl (C=O) groups is 1. The second kappa shape index (κ2) is 7.98. The molecule has 9 heteroatoms. The van der Waals surface area contributed by atoms with Gasteiger partial charge < -0.3 is 5.32 Å². The van der Waals surface area contributed by atoms with Crippen LogP contribution in [-0.2, 0) is 23.2 Å². The van der Waals surface area contributed by atoms with Crippen LogP contribution in [0.3, 0.4) is 0 Å². The number of aromatic nitrogens is 2. The number of thiazole rings is 1. The first-order valence-electron chi connectivity index (χ1n) is 8.19. The molecule has 0 fully saturated rings. The van der Waals surface area contributed by atoms with E-state index in [1.807, 2.05) is 40.4 Å². The van der Waals surface area contributed by atoms with Gasteiger partial charge in [0.1, 0.15) is 12.4 Å². The van der Waals surface area contributed by atoms with Gasteiger partial charge in [0, 0.05) is 10.9 Å². The van der Waals surface area contributed by atoms with Crippen molar-refractivity contribution in [2.24, 2.45) is 0 Å². The van der Waals surface area contributed by atoms with Crippen LogP contribution in [0.5, 0.6) is 0 Å². The van der Waals surface area contributed by atoms with E-state index in [9.17, 15) is 13.2 Å². The average Bonchev–Trinajstić information content (AvgIpc) is 3.18. The predicted molar refractivity (Wildman–Crippen MR) is 98.7 cm³/mol. The summed E-state index contributed by atoms with van der Waals surface area (Å²) in [5, 5.41) is 4.89. The van der Waals surface area contributed by atoms with Crippen molar-refractivity contribution in [1.29, 1.82) is 0 Å². The van der Waals surface area contributed by atoms with Gasteiger partial charge in [0.25, 0.3) is 16.0 Å². The number of nitrogens with one attached hydrogen (secondary N) is 1. The SMILES string of the molecule is O=C(NCc1c[n+]2ccsc2n1CCCCS(=O)(=O)O)c1ccccc1. The monoisotopic (exact) mass is 394 g/mol. The number of carbonyl (C=O) groups excluding carboxylic acids is 1. The Hall–Kier alpha value is -2.23. The number of imidazole rings is 1. The Kier molecular flexibility index (Phi) is 5.70. The summed E-state index contributed by atoms with van der Waals surface area (Å²) in [6.45, 7) is 0.990. The van der Waals surface area contributed by atoms with E-state index in [2.05, 4.69) is 9.88 Å². The van der Waals surface area contributed by atoms with Crippen molar-refractivity contribution in [2.75, 3.05) is 5.75 Å². The lowest BCUT2D eigenvalue weighted by atomic mass is 10.2. The molecule has 26 heavy (non-hydrogen) atoms. The van der Waals surface area contributed by atoms with Crippen LogP contribution in [0.4, 0.5) is 0 Å². The summed E-state index contributed by atoms with van der Waals surface area (Å²) in [4.78, 5) is 13.2. The van der Waals surface area contributed by atoms with E-state index in [4.69, 9.17) is 4.55 Å². The Morgan fingerprint density at radius 3 is 2.73 bits per heavy atom. The van der Waals surface area contributed by atoms with Crippen LogP contribution >= 0.6 is 11.3 Å². The number of nitrogens with zero attached hydrogens (tertiary/aromatic N) is 2. The standard InChI is InChI=1S/C17H19N3O4S2/c21-16(14-6-2-1-3-7-14)18-12-15-13-19-9-10-25-17(19)20(15)8-4-5-11-26(22,23)24/h1-3,6-7,9-10,13H,4-5,8,11-12H2,(H-,18,21,22,23,24)/p+1. The minimum absolute atomic E-state index is 0.141. The van der Waals surface area contributed by atoms with Gasteiger partial charge in [0.15, 0.2) is 5.69 Å². The normalized spacial score (nSPS) is 11.7. The number of amides is 1. The number of unbranched alkanes of at least 4 members (excludes halogenated alkanes) is 1. The summed E-state index contributed by atoms with van der Waals surface area (Å²) >= 11 is 1.57. The Morgan fingerprint density at radius 2 is 2.00 bits per heavy atom. The number of hydrogen-bond donors (Lipinski definition) is 2. The van der Waals surface area contributed by atoms with Crippen molar-refractivity contribution in [2.45, 2.75) is 25.9 Å². The van der Waals surface area contributed by atoms with Crippen molar-refractivity contribution in [3.63, 3.8) is 0 Å². The minimum Gasteiger partial charge on any atom is -0.344 e. The molecule has 0 aliphatic heterocycles. The second-order valence-electron chi connectivity index (χ2n) is 5.91. The molecule has 3 aromatic rings. The Labute approximate surface area is 155 Å². The van der Waals surface area contributed by atoms with Gasteiger partial charge in [-0.3, -0.25) is 9.35 Å². The summed E-state index contributed by atoms with van der Waals surface area (Å²) in [6, 6.07) is 9.02. The summed E-state index contributed by atoms with van der Waals surface area (Å²) in [5.41, 5.74) is 1.54. The first-order valence-corrected chi connectivity index (χ1v) is 10.7. The predicted octanol–water partition coefficient (Wildman–Crippen LogP) is 1.89.